The van der Waals surface area contributed by atoms with Crippen molar-refractivity contribution in [3.63, 3.8) is 0 Å². The molecule has 1 unspecified atom stereocenters. The fraction of sp³-hybridized carbons (Fsp3) is 0.467. The molecular formula is C15H17F3N2O2. The molecule has 2 rings (SSSR count). The van der Waals surface area contributed by atoms with Gasteiger partial charge in [0.25, 0.3) is 0 Å². The molecule has 4 nitrogen and oxygen atoms in total. The number of anilines is 1. The molecule has 1 aromatic carbocycles. The van der Waals surface area contributed by atoms with Gasteiger partial charge in [0.1, 0.15) is 6.04 Å². The Morgan fingerprint density at radius 3 is 2.64 bits per heavy atom. The van der Waals surface area contributed by atoms with Crippen molar-refractivity contribution in [2.75, 3.05) is 5.32 Å². The van der Waals surface area contributed by atoms with E-state index in [2.05, 4.69) is 10.6 Å². The first-order chi connectivity index (χ1) is 10.3. The molecule has 1 fully saturated rings. The van der Waals surface area contributed by atoms with Crippen molar-refractivity contribution in [2.45, 2.75) is 44.8 Å². The fourth-order valence-electron chi connectivity index (χ4n) is 2.45. The van der Waals surface area contributed by atoms with E-state index in [1.807, 2.05) is 6.92 Å². The second kappa shape index (κ2) is 6.37. The molecule has 0 saturated carbocycles. The van der Waals surface area contributed by atoms with Crippen LogP contribution >= 0.6 is 0 Å². The van der Waals surface area contributed by atoms with Crippen LogP contribution in [0.2, 0.25) is 0 Å². The summed E-state index contributed by atoms with van der Waals surface area (Å²) in [6.45, 7) is 1.82. The van der Waals surface area contributed by atoms with Gasteiger partial charge < -0.3 is 5.32 Å². The van der Waals surface area contributed by atoms with Crippen LogP contribution in [-0.2, 0) is 22.2 Å². The number of carbonyl (C=O) groups excluding carboxylic acids is 2. The highest BCUT2D eigenvalue weighted by Gasteiger charge is 2.34. The van der Waals surface area contributed by atoms with Crippen molar-refractivity contribution in [3.8, 4) is 0 Å². The van der Waals surface area contributed by atoms with Gasteiger partial charge in [-0.3, -0.25) is 14.9 Å². The molecule has 1 heterocycles. The molecule has 0 aromatic heterocycles. The molecule has 0 spiro atoms. The van der Waals surface area contributed by atoms with Crippen LogP contribution in [0.5, 0.6) is 0 Å². The first kappa shape index (κ1) is 16.3. The lowest BCUT2D eigenvalue weighted by Crippen LogP contribution is -2.47. The monoisotopic (exact) mass is 314 g/mol. The van der Waals surface area contributed by atoms with Gasteiger partial charge in [-0.2, -0.15) is 13.2 Å². The van der Waals surface area contributed by atoms with E-state index >= 15 is 0 Å². The van der Waals surface area contributed by atoms with E-state index in [-0.39, 0.29) is 30.0 Å². The highest BCUT2D eigenvalue weighted by molar-refractivity contribution is 6.01. The minimum Gasteiger partial charge on any atom is -0.374 e. The number of nitrogens with one attached hydrogen (secondary N) is 2. The summed E-state index contributed by atoms with van der Waals surface area (Å²) in [5.41, 5.74) is -0.225. The van der Waals surface area contributed by atoms with Crippen LogP contribution in [0.3, 0.4) is 0 Å². The van der Waals surface area contributed by atoms with Gasteiger partial charge in [-0.25, -0.2) is 0 Å². The number of hydrogen-bond acceptors (Lipinski definition) is 3. The lowest BCUT2D eigenvalue weighted by molar-refractivity contribution is -0.138. The van der Waals surface area contributed by atoms with Crippen LogP contribution in [0.15, 0.2) is 18.2 Å². The largest absolute Gasteiger partial charge is 0.416 e. The quantitative estimate of drug-likeness (QED) is 0.840. The number of carbonyl (C=O) groups is 2. The zero-order chi connectivity index (χ0) is 16.3. The molecule has 0 radical (unpaired) electrons. The van der Waals surface area contributed by atoms with Crippen molar-refractivity contribution >= 4 is 17.5 Å². The molecule has 120 valence electrons. The Balaban J connectivity index is 2.21. The van der Waals surface area contributed by atoms with Crippen LogP contribution in [0, 0.1) is 0 Å². The van der Waals surface area contributed by atoms with Crippen LogP contribution in [0.1, 0.15) is 37.3 Å². The maximum Gasteiger partial charge on any atom is 0.416 e. The summed E-state index contributed by atoms with van der Waals surface area (Å²) < 4.78 is 39.3. The van der Waals surface area contributed by atoms with E-state index in [1.165, 1.54) is 12.1 Å². The summed E-state index contributed by atoms with van der Waals surface area (Å²) in [6.07, 6.45) is -3.05. The van der Waals surface area contributed by atoms with Gasteiger partial charge >= 0.3 is 6.18 Å². The third kappa shape index (κ3) is 3.78. The maximum atomic E-state index is 13.1. The highest BCUT2D eigenvalue weighted by atomic mass is 19.4. The lowest BCUT2D eigenvalue weighted by Gasteiger charge is -2.23. The van der Waals surface area contributed by atoms with Crippen LogP contribution in [-0.4, -0.2) is 17.9 Å². The molecular weight excluding hydrogens is 297 g/mol. The zero-order valence-electron chi connectivity index (χ0n) is 12.1. The van der Waals surface area contributed by atoms with Crippen molar-refractivity contribution in [3.05, 3.63) is 29.3 Å². The standard InChI is InChI=1S/C15H17F3N2O2/c1-2-3-9-4-5-10(8-11(9)15(16,17)18)19-12-6-7-13(21)20-14(12)22/h4-5,8,12,19H,2-3,6-7H2,1H3,(H,20,21,22). The Bertz CT molecular complexity index is 585. The van der Waals surface area contributed by atoms with E-state index in [0.717, 1.165) is 6.07 Å². The van der Waals surface area contributed by atoms with E-state index in [9.17, 15) is 22.8 Å². The van der Waals surface area contributed by atoms with Gasteiger partial charge in [0.05, 0.1) is 5.56 Å². The number of hydrogen-bond donors (Lipinski definition) is 2. The molecule has 22 heavy (non-hydrogen) atoms. The molecule has 1 aromatic rings. The lowest BCUT2D eigenvalue weighted by atomic mass is 10.0. The molecule has 1 aliphatic heterocycles. The zero-order valence-corrected chi connectivity index (χ0v) is 12.1. The van der Waals surface area contributed by atoms with Gasteiger partial charge in [0.2, 0.25) is 11.8 Å². The first-order valence-corrected chi connectivity index (χ1v) is 7.11. The first-order valence-electron chi connectivity index (χ1n) is 7.11. The van der Waals surface area contributed by atoms with Gasteiger partial charge in [0.15, 0.2) is 0 Å². The van der Waals surface area contributed by atoms with Crippen LogP contribution in [0.4, 0.5) is 18.9 Å². The topological polar surface area (TPSA) is 58.2 Å². The molecule has 1 aliphatic rings. The summed E-state index contributed by atoms with van der Waals surface area (Å²) in [6, 6.07) is 3.29. The third-order valence-corrected chi connectivity index (χ3v) is 3.51. The number of rotatable bonds is 4. The summed E-state index contributed by atoms with van der Waals surface area (Å²) in [5.74, 6) is -0.875. The highest BCUT2D eigenvalue weighted by Crippen LogP contribution is 2.34. The second-order valence-corrected chi connectivity index (χ2v) is 5.27. The minimum absolute atomic E-state index is 0.170. The molecule has 1 atom stereocenters. The Morgan fingerprint density at radius 2 is 2.05 bits per heavy atom. The van der Waals surface area contributed by atoms with Crippen LogP contribution in [0.25, 0.3) is 0 Å². The van der Waals surface area contributed by atoms with E-state index < -0.39 is 23.7 Å². The van der Waals surface area contributed by atoms with Crippen molar-refractivity contribution in [2.24, 2.45) is 0 Å². The maximum absolute atomic E-state index is 13.1. The normalized spacial score (nSPS) is 19.0. The average Bonchev–Trinajstić information content (AvgIpc) is 2.42. The average molecular weight is 314 g/mol. The molecule has 1 saturated heterocycles. The number of aryl methyl sites for hydroxylation is 1. The Kier molecular flexibility index (Phi) is 4.73. The number of alkyl halides is 3. The van der Waals surface area contributed by atoms with Gasteiger partial charge in [-0.1, -0.05) is 19.4 Å². The number of imide groups is 1. The molecule has 7 heteroatoms. The predicted octanol–water partition coefficient (Wildman–Crippen LogP) is 2.88. The van der Waals surface area contributed by atoms with Crippen molar-refractivity contribution in [1.82, 2.24) is 5.32 Å². The Labute approximate surface area is 126 Å². The Morgan fingerprint density at radius 1 is 1.32 bits per heavy atom. The third-order valence-electron chi connectivity index (χ3n) is 3.51. The summed E-state index contributed by atoms with van der Waals surface area (Å²) in [7, 11) is 0. The smallest absolute Gasteiger partial charge is 0.374 e. The number of piperidine rings is 1. The second-order valence-electron chi connectivity index (χ2n) is 5.27. The SMILES string of the molecule is CCCc1ccc(NC2CCC(=O)NC2=O)cc1C(F)(F)F. The van der Waals surface area contributed by atoms with Gasteiger partial charge in [-0.05, 0) is 30.5 Å². The Hall–Kier alpha value is -2.05. The summed E-state index contributed by atoms with van der Waals surface area (Å²) in [4.78, 5) is 22.7. The van der Waals surface area contributed by atoms with Gasteiger partial charge in [0, 0.05) is 12.1 Å². The van der Waals surface area contributed by atoms with Crippen molar-refractivity contribution < 1.29 is 22.8 Å². The van der Waals surface area contributed by atoms with E-state index in [0.29, 0.717) is 12.8 Å². The van der Waals surface area contributed by atoms with Crippen LogP contribution < -0.4 is 10.6 Å². The number of halogens is 3. The molecule has 0 bridgehead atoms. The van der Waals surface area contributed by atoms with Crippen molar-refractivity contribution in [1.29, 1.82) is 0 Å². The summed E-state index contributed by atoms with van der Waals surface area (Å²) >= 11 is 0. The van der Waals surface area contributed by atoms with E-state index in [4.69, 9.17) is 0 Å². The molecule has 2 amide bonds. The van der Waals surface area contributed by atoms with Gasteiger partial charge in [-0.15, -0.1) is 0 Å². The predicted molar refractivity (Wildman–Crippen MR) is 75.2 cm³/mol. The fourth-order valence-corrected chi connectivity index (χ4v) is 2.45. The minimum atomic E-state index is -4.44. The number of amides is 2. The number of benzene rings is 1. The molecule has 2 N–H and O–H groups in total. The summed E-state index contributed by atoms with van der Waals surface area (Å²) in [5, 5.41) is 4.93. The van der Waals surface area contributed by atoms with E-state index in [1.54, 1.807) is 0 Å². The molecule has 0 aliphatic carbocycles.